The summed E-state index contributed by atoms with van der Waals surface area (Å²) in [6.07, 6.45) is 12.7. The quantitative estimate of drug-likeness (QED) is 0.336. The molecular formula is C23H34O4. The van der Waals surface area contributed by atoms with Gasteiger partial charge in [-0.25, -0.2) is 0 Å². The first-order chi connectivity index (χ1) is 12.8. The van der Waals surface area contributed by atoms with Crippen LogP contribution in [0.25, 0.3) is 0 Å². The molecule has 0 amide bonds. The predicted molar refractivity (Wildman–Crippen MR) is 105 cm³/mol. The van der Waals surface area contributed by atoms with Gasteiger partial charge in [0.1, 0.15) is 18.6 Å². The van der Waals surface area contributed by atoms with Crippen molar-refractivity contribution in [2.24, 2.45) is 17.8 Å². The van der Waals surface area contributed by atoms with E-state index in [0.717, 1.165) is 49.9 Å². The summed E-state index contributed by atoms with van der Waals surface area (Å²) in [5.41, 5.74) is 2.22. The van der Waals surface area contributed by atoms with E-state index in [4.69, 9.17) is 9.47 Å². The molecule has 0 unspecified atom stereocenters. The van der Waals surface area contributed by atoms with Crippen molar-refractivity contribution in [1.29, 1.82) is 0 Å². The number of allylic oxidation sites excluding steroid dienone is 3. The molecule has 0 saturated heterocycles. The average molecular weight is 375 g/mol. The highest BCUT2D eigenvalue weighted by atomic mass is 16.6. The highest BCUT2D eigenvalue weighted by Crippen LogP contribution is 2.57. The second-order valence-corrected chi connectivity index (χ2v) is 9.31. The van der Waals surface area contributed by atoms with Crippen molar-refractivity contribution in [2.45, 2.75) is 84.2 Å². The van der Waals surface area contributed by atoms with E-state index in [-0.39, 0.29) is 18.6 Å². The van der Waals surface area contributed by atoms with E-state index in [2.05, 4.69) is 19.9 Å². The number of ether oxygens (including phenoxy) is 2. The normalized spacial score (nSPS) is 31.5. The Bertz CT molecular complexity index is 589. The third-order valence-corrected chi connectivity index (χ3v) is 6.37. The minimum Gasteiger partial charge on any atom is -0.461 e. The molecule has 4 aliphatic rings. The number of hydrogen-bond acceptors (Lipinski definition) is 4. The zero-order valence-corrected chi connectivity index (χ0v) is 17.1. The van der Waals surface area contributed by atoms with Gasteiger partial charge in [0.05, 0.1) is 0 Å². The Morgan fingerprint density at radius 1 is 0.926 bits per heavy atom. The lowest BCUT2D eigenvalue weighted by atomic mass is 9.54. The summed E-state index contributed by atoms with van der Waals surface area (Å²) in [4.78, 5) is 24.3. The molecule has 4 saturated carbocycles. The Morgan fingerprint density at radius 2 is 1.52 bits per heavy atom. The van der Waals surface area contributed by atoms with Crippen molar-refractivity contribution >= 4 is 11.9 Å². The summed E-state index contributed by atoms with van der Waals surface area (Å²) in [6.45, 7) is 6.44. The largest absolute Gasteiger partial charge is 0.461 e. The monoisotopic (exact) mass is 374 g/mol. The lowest BCUT2D eigenvalue weighted by Gasteiger charge is -2.55. The van der Waals surface area contributed by atoms with Gasteiger partial charge in [0.2, 0.25) is 0 Å². The molecule has 0 aliphatic heterocycles. The average Bonchev–Trinajstić information content (AvgIpc) is 2.52. The zero-order valence-electron chi connectivity index (χ0n) is 17.1. The van der Waals surface area contributed by atoms with E-state index in [9.17, 15) is 9.59 Å². The van der Waals surface area contributed by atoms with Crippen LogP contribution in [0.15, 0.2) is 23.3 Å². The molecule has 0 aromatic heterocycles. The fourth-order valence-corrected chi connectivity index (χ4v) is 5.57. The van der Waals surface area contributed by atoms with Crippen molar-refractivity contribution in [2.75, 3.05) is 6.61 Å². The van der Waals surface area contributed by atoms with Crippen LogP contribution in [0.1, 0.15) is 78.6 Å². The molecule has 0 atom stereocenters. The number of hydrogen-bond donors (Lipinski definition) is 0. The molecule has 0 aromatic carbocycles. The van der Waals surface area contributed by atoms with E-state index in [0.29, 0.717) is 0 Å². The third-order valence-electron chi connectivity index (χ3n) is 6.37. The standard InChI is InChI=1S/C23H34O4/c1-16(2)5-4-6-17(3)7-8-26-21(24)12-22(25)27-23-13-18-9-19(14-23)11-20(10-18)15-23/h5,7,18-20H,4,6,8-15H2,1-3H3/b17-7+. The van der Waals surface area contributed by atoms with Gasteiger partial charge in [0.15, 0.2) is 0 Å². The number of esters is 2. The van der Waals surface area contributed by atoms with Gasteiger partial charge in [-0.3, -0.25) is 9.59 Å². The zero-order chi connectivity index (χ0) is 19.4. The molecule has 4 bridgehead atoms. The minimum absolute atomic E-state index is 0.226. The van der Waals surface area contributed by atoms with Crippen molar-refractivity contribution in [3.05, 3.63) is 23.3 Å². The van der Waals surface area contributed by atoms with Gasteiger partial charge in [-0.2, -0.15) is 0 Å². The fourth-order valence-electron chi connectivity index (χ4n) is 5.57. The summed E-state index contributed by atoms with van der Waals surface area (Å²) in [6, 6.07) is 0. The topological polar surface area (TPSA) is 52.6 Å². The van der Waals surface area contributed by atoms with E-state index < -0.39 is 11.9 Å². The first kappa shape index (κ1) is 20.2. The molecule has 0 aromatic rings. The Kier molecular flexibility index (Phi) is 6.44. The SMILES string of the molecule is CC(C)=CCC/C(C)=C/COC(=O)CC(=O)OC12CC3CC(CC(C3)C1)C2. The van der Waals surface area contributed by atoms with Gasteiger partial charge in [-0.05, 0) is 96.0 Å². The molecule has 4 aliphatic carbocycles. The van der Waals surface area contributed by atoms with Crippen LogP contribution < -0.4 is 0 Å². The summed E-state index contributed by atoms with van der Waals surface area (Å²) in [5.74, 6) is 1.26. The third kappa shape index (κ3) is 5.70. The van der Waals surface area contributed by atoms with Gasteiger partial charge >= 0.3 is 11.9 Å². The number of carbonyl (C=O) groups is 2. The molecule has 0 N–H and O–H groups in total. The molecular weight excluding hydrogens is 340 g/mol. The van der Waals surface area contributed by atoms with Crippen molar-refractivity contribution in [3.8, 4) is 0 Å². The van der Waals surface area contributed by atoms with E-state index in [1.807, 2.05) is 13.0 Å². The van der Waals surface area contributed by atoms with Crippen LogP contribution in [0.5, 0.6) is 0 Å². The Balaban J connectivity index is 1.38. The van der Waals surface area contributed by atoms with Gasteiger partial charge in [-0.1, -0.05) is 17.2 Å². The first-order valence-electron chi connectivity index (χ1n) is 10.5. The van der Waals surface area contributed by atoms with E-state index in [1.165, 1.54) is 30.4 Å². The fraction of sp³-hybridized carbons (Fsp3) is 0.739. The highest BCUT2D eigenvalue weighted by molar-refractivity contribution is 5.91. The smallest absolute Gasteiger partial charge is 0.317 e. The summed E-state index contributed by atoms with van der Waals surface area (Å²) >= 11 is 0. The van der Waals surface area contributed by atoms with Gasteiger partial charge in [0.25, 0.3) is 0 Å². The molecule has 0 radical (unpaired) electrons. The summed E-state index contributed by atoms with van der Waals surface area (Å²) in [7, 11) is 0. The van der Waals surface area contributed by atoms with Crippen LogP contribution in [0, 0.1) is 17.8 Å². The van der Waals surface area contributed by atoms with E-state index in [1.54, 1.807) is 0 Å². The first-order valence-corrected chi connectivity index (χ1v) is 10.5. The van der Waals surface area contributed by atoms with Crippen molar-refractivity contribution in [3.63, 3.8) is 0 Å². The van der Waals surface area contributed by atoms with Gasteiger partial charge < -0.3 is 9.47 Å². The van der Waals surface area contributed by atoms with Crippen LogP contribution in [-0.2, 0) is 19.1 Å². The number of rotatable bonds is 8. The highest BCUT2D eigenvalue weighted by Gasteiger charge is 2.53. The molecule has 4 nitrogen and oxygen atoms in total. The maximum atomic E-state index is 12.3. The number of carbonyl (C=O) groups excluding carboxylic acids is 2. The molecule has 4 heteroatoms. The van der Waals surface area contributed by atoms with Crippen LogP contribution in [0.3, 0.4) is 0 Å². The van der Waals surface area contributed by atoms with E-state index >= 15 is 0 Å². The van der Waals surface area contributed by atoms with Crippen molar-refractivity contribution < 1.29 is 19.1 Å². The molecule has 0 spiro atoms. The lowest BCUT2D eigenvalue weighted by Crippen LogP contribution is -2.52. The lowest BCUT2D eigenvalue weighted by molar-refractivity contribution is -0.188. The van der Waals surface area contributed by atoms with Gasteiger partial charge in [0, 0.05) is 0 Å². The maximum Gasteiger partial charge on any atom is 0.317 e. The van der Waals surface area contributed by atoms with Crippen LogP contribution in [0.4, 0.5) is 0 Å². The molecule has 4 fully saturated rings. The maximum absolute atomic E-state index is 12.3. The molecule has 150 valence electrons. The van der Waals surface area contributed by atoms with Crippen LogP contribution >= 0.6 is 0 Å². The molecule has 0 heterocycles. The molecule has 4 rings (SSSR count). The van der Waals surface area contributed by atoms with Crippen LogP contribution in [0.2, 0.25) is 0 Å². The van der Waals surface area contributed by atoms with Gasteiger partial charge in [-0.15, -0.1) is 0 Å². The van der Waals surface area contributed by atoms with Crippen molar-refractivity contribution in [1.82, 2.24) is 0 Å². The summed E-state index contributed by atoms with van der Waals surface area (Å²) < 4.78 is 11.1. The Labute approximate surface area is 163 Å². The second-order valence-electron chi connectivity index (χ2n) is 9.31. The second kappa shape index (κ2) is 8.62. The molecule has 27 heavy (non-hydrogen) atoms. The Hall–Kier alpha value is -1.58. The minimum atomic E-state index is -0.488. The predicted octanol–water partition coefficient (Wildman–Crippen LogP) is 5.12. The van der Waals surface area contributed by atoms with Crippen LogP contribution in [-0.4, -0.2) is 24.1 Å². The summed E-state index contributed by atoms with van der Waals surface area (Å²) in [5, 5.41) is 0. The Morgan fingerprint density at radius 3 is 2.07 bits per heavy atom.